The smallest absolute Gasteiger partial charge is 0.0652 e. The van der Waals surface area contributed by atoms with Gasteiger partial charge in [0.1, 0.15) is 0 Å². The van der Waals surface area contributed by atoms with Crippen LogP contribution in [0.25, 0.3) is 32.9 Å². The molecule has 0 unspecified atom stereocenters. The second-order valence-corrected chi connectivity index (χ2v) is 3.88. The van der Waals surface area contributed by atoms with E-state index in [1.54, 1.807) is 0 Å². The van der Waals surface area contributed by atoms with E-state index in [4.69, 9.17) is 16.4 Å². The monoisotopic (exact) mass is 255 g/mol. The maximum Gasteiger partial charge on any atom is 0.0652 e. The molecule has 0 aliphatic rings. The lowest BCUT2D eigenvalue weighted by Crippen LogP contribution is -1.76. The quantitative estimate of drug-likeness (QED) is 0.493. The molecule has 0 saturated carbocycles. The molecule has 4 aromatic rings. The minimum atomic E-state index is -0.641. The molecule has 0 bridgehead atoms. The third-order valence-corrected chi connectivity index (χ3v) is 2.75. The highest BCUT2D eigenvalue weighted by atomic mass is 14.7. The minimum absolute atomic E-state index is 0.0411. The first-order valence-electron chi connectivity index (χ1n) is 11.5. The van der Waals surface area contributed by atoms with Crippen molar-refractivity contribution in [3.8, 4) is 11.1 Å². The number of fused-ring (bicyclic) bond motifs is 3. The zero-order valence-corrected chi connectivity index (χ0v) is 9.50. The Kier molecular flexibility index (Phi) is 0.835. The predicted molar refractivity (Wildman–Crippen MR) is 81.2 cm³/mol. The molecule has 0 aliphatic heterocycles. The van der Waals surface area contributed by atoms with Crippen LogP contribution in [0.15, 0.2) is 72.5 Å². The summed E-state index contributed by atoms with van der Waals surface area (Å²) in [5, 5.41) is -0.103. The molecule has 1 aromatic heterocycles. The average molecular weight is 255 g/mol. The van der Waals surface area contributed by atoms with Crippen LogP contribution in [0.1, 0.15) is 16.4 Å². The maximum atomic E-state index is 8.60. The second-order valence-electron chi connectivity index (χ2n) is 3.88. The molecule has 0 spiro atoms. The van der Waals surface area contributed by atoms with Gasteiger partial charge in [-0.3, -0.25) is 0 Å². The normalized spacial score (nSPS) is 20.0. The lowest BCUT2D eigenvalue weighted by atomic mass is 10.0. The van der Waals surface area contributed by atoms with E-state index in [0.717, 1.165) is 0 Å². The summed E-state index contributed by atoms with van der Waals surface area (Å²) in [5.41, 5.74) is -0.864. The Balaban J connectivity index is 2.27. The van der Waals surface area contributed by atoms with E-state index in [0.29, 0.717) is 0 Å². The van der Waals surface area contributed by atoms with Crippen molar-refractivity contribution in [2.24, 2.45) is 0 Å². The van der Waals surface area contributed by atoms with Crippen LogP contribution < -0.4 is 0 Å². The second kappa shape index (κ2) is 3.99. The number of benzene rings is 3. The highest BCUT2D eigenvalue weighted by Gasteiger charge is 2.04. The van der Waals surface area contributed by atoms with Crippen LogP contribution >= 0.6 is 0 Å². The molecule has 0 saturated heterocycles. The van der Waals surface area contributed by atoms with Gasteiger partial charge in [-0.1, -0.05) is 60.4 Å². The molecule has 0 aliphatic carbocycles. The summed E-state index contributed by atoms with van der Waals surface area (Å²) in [6.45, 7) is 0. The molecule has 1 heterocycles. The summed E-state index contributed by atoms with van der Waals surface area (Å²) in [6.07, 6.45) is 0. The molecule has 4 rings (SSSR count). The van der Waals surface area contributed by atoms with E-state index < -0.39 is 78.1 Å². The number of nitrogens with one attached hydrogen (secondary N) is 1. The Morgan fingerprint density at radius 3 is 2.26 bits per heavy atom. The summed E-state index contributed by atoms with van der Waals surface area (Å²) < 4.78 is 97.2. The van der Waals surface area contributed by atoms with Gasteiger partial charge in [0, 0.05) is 21.8 Å². The zero-order valence-electron chi connectivity index (χ0n) is 21.5. The highest BCUT2D eigenvalue weighted by Crippen LogP contribution is 2.29. The summed E-state index contributed by atoms with van der Waals surface area (Å²) >= 11 is 0. The largest absolute Gasteiger partial charge is 0.354 e. The number of hydrogen-bond donors (Lipinski definition) is 1. The third-order valence-electron chi connectivity index (χ3n) is 2.75. The number of hydrogen-bond acceptors (Lipinski definition) is 0. The number of aromatic amines is 1. The van der Waals surface area contributed by atoms with Crippen LogP contribution in [0.3, 0.4) is 0 Å². The fourth-order valence-electron chi connectivity index (χ4n) is 1.91. The molecule has 0 radical (unpaired) electrons. The van der Waals surface area contributed by atoms with Gasteiger partial charge >= 0.3 is 0 Å². The van der Waals surface area contributed by atoms with Crippen LogP contribution in [-0.2, 0) is 0 Å². The van der Waals surface area contributed by atoms with Crippen molar-refractivity contribution in [1.29, 1.82) is 0 Å². The Labute approximate surface area is 128 Å². The zero-order chi connectivity index (χ0) is 23.1. The van der Waals surface area contributed by atoms with Crippen molar-refractivity contribution < 1.29 is 16.4 Å². The van der Waals surface area contributed by atoms with Crippen LogP contribution in [0, 0.1) is 0 Å². The highest BCUT2D eigenvalue weighted by molar-refractivity contribution is 6.08. The van der Waals surface area contributed by atoms with Crippen molar-refractivity contribution in [1.82, 2.24) is 4.98 Å². The maximum absolute atomic E-state index is 8.60. The lowest BCUT2D eigenvalue weighted by molar-refractivity contribution is 1.54. The lowest BCUT2D eigenvalue weighted by Gasteiger charge is -2.01. The third kappa shape index (κ3) is 1.63. The summed E-state index contributed by atoms with van der Waals surface area (Å²) in [4.78, 5) is 2.73. The van der Waals surface area contributed by atoms with Crippen molar-refractivity contribution in [2.75, 3.05) is 0 Å². The number of H-pyrrole nitrogens is 1. The molecule has 0 amide bonds. The number of para-hydroxylation sites is 1. The van der Waals surface area contributed by atoms with E-state index in [-0.39, 0.29) is 27.4 Å². The van der Waals surface area contributed by atoms with Crippen LogP contribution in [0.4, 0.5) is 0 Å². The molecule has 1 N–H and O–H groups in total. The fraction of sp³-hybridized carbons (Fsp3) is 0. The van der Waals surface area contributed by atoms with Gasteiger partial charge in [0.2, 0.25) is 0 Å². The SMILES string of the molecule is [2H]c1c([2H])c([2H])c(-c2c([2H])c([2H])c3c([nH]c4c([2H])c([2H])c([2H])c([2H])c43)c2[2H])c([2H])c1[2H]. The Morgan fingerprint density at radius 2 is 1.37 bits per heavy atom. The van der Waals surface area contributed by atoms with Crippen LogP contribution in [-0.4, -0.2) is 4.98 Å². The summed E-state index contributed by atoms with van der Waals surface area (Å²) in [7, 11) is 0. The van der Waals surface area contributed by atoms with E-state index >= 15 is 0 Å². The van der Waals surface area contributed by atoms with E-state index in [1.165, 1.54) is 0 Å². The van der Waals surface area contributed by atoms with Gasteiger partial charge in [0.15, 0.2) is 0 Å². The van der Waals surface area contributed by atoms with Crippen molar-refractivity contribution in [3.63, 3.8) is 0 Å². The molecule has 0 atom stereocenters. The van der Waals surface area contributed by atoms with Crippen molar-refractivity contribution in [3.05, 3.63) is 72.5 Å². The molecular weight excluding hydrogens is 230 g/mol. The molecule has 1 nitrogen and oxygen atoms in total. The molecule has 0 fully saturated rings. The van der Waals surface area contributed by atoms with Gasteiger partial charge < -0.3 is 4.98 Å². The van der Waals surface area contributed by atoms with Gasteiger partial charge in [-0.25, -0.2) is 0 Å². The molecular formula is C18H13N. The first-order chi connectivity index (χ1) is 14.4. The topological polar surface area (TPSA) is 15.8 Å². The van der Waals surface area contributed by atoms with Gasteiger partial charge in [0.25, 0.3) is 0 Å². The first kappa shape index (κ1) is 3.97. The van der Waals surface area contributed by atoms with Crippen LogP contribution in [0.5, 0.6) is 0 Å². The minimum Gasteiger partial charge on any atom is -0.354 e. The molecule has 3 aromatic carbocycles. The predicted octanol–water partition coefficient (Wildman–Crippen LogP) is 4.99. The van der Waals surface area contributed by atoms with Gasteiger partial charge in [-0.05, 0) is 23.2 Å². The van der Waals surface area contributed by atoms with Gasteiger partial charge in [0.05, 0.1) is 16.4 Å². The Morgan fingerprint density at radius 1 is 0.632 bits per heavy atom. The van der Waals surface area contributed by atoms with Crippen molar-refractivity contribution >= 4 is 21.8 Å². The van der Waals surface area contributed by atoms with Gasteiger partial charge in [-0.2, -0.15) is 0 Å². The summed E-state index contributed by atoms with van der Waals surface area (Å²) in [5.74, 6) is 0. The summed E-state index contributed by atoms with van der Waals surface area (Å²) in [6, 6.07) is -6.50. The van der Waals surface area contributed by atoms with E-state index in [1.807, 2.05) is 0 Å². The average Bonchev–Trinajstić information content (AvgIpc) is 3.15. The van der Waals surface area contributed by atoms with Crippen molar-refractivity contribution in [2.45, 2.75) is 0 Å². The molecule has 1 heteroatoms. The molecule has 90 valence electrons. The Bertz CT molecular complexity index is 1420. The fourth-order valence-corrected chi connectivity index (χ4v) is 1.91. The Hall–Kier alpha value is -2.54. The van der Waals surface area contributed by atoms with E-state index in [9.17, 15) is 0 Å². The number of rotatable bonds is 1. The number of aromatic nitrogens is 1. The van der Waals surface area contributed by atoms with Gasteiger partial charge in [-0.15, -0.1) is 0 Å². The van der Waals surface area contributed by atoms with E-state index in [2.05, 4.69) is 4.98 Å². The molecule has 19 heavy (non-hydrogen) atoms. The standard InChI is InChI=1S/C18H13N/c1-2-6-13(7-3-1)14-10-11-16-15-8-4-5-9-17(15)19-18(16)12-14/h1-12,19H/i1D,2D,3D,4D,5D,6D,7D,8D,9D,10D,11D,12D. The van der Waals surface area contributed by atoms with Crippen LogP contribution in [0.2, 0.25) is 0 Å². The first-order valence-corrected chi connectivity index (χ1v) is 5.50.